The molecular formula is C19H23N3OS2. The Kier molecular flexibility index (Phi) is 5.71. The fourth-order valence-electron chi connectivity index (χ4n) is 2.98. The minimum atomic E-state index is -0.141. The van der Waals surface area contributed by atoms with E-state index in [0.717, 1.165) is 29.8 Å². The third-order valence-electron chi connectivity index (χ3n) is 4.46. The molecule has 25 heavy (non-hydrogen) atoms. The smallest absolute Gasteiger partial charge is 0.279 e. The van der Waals surface area contributed by atoms with Gasteiger partial charge in [0, 0.05) is 10.6 Å². The van der Waals surface area contributed by atoms with Gasteiger partial charge in [0.05, 0.1) is 4.88 Å². The van der Waals surface area contributed by atoms with Gasteiger partial charge < -0.3 is 5.32 Å². The molecule has 1 aromatic carbocycles. The van der Waals surface area contributed by atoms with Crippen LogP contribution in [0.15, 0.2) is 30.3 Å². The van der Waals surface area contributed by atoms with E-state index in [0.29, 0.717) is 11.0 Å². The first-order valence-electron chi connectivity index (χ1n) is 8.63. The lowest BCUT2D eigenvalue weighted by Crippen LogP contribution is -2.43. The number of thiophene rings is 1. The fraction of sp³-hybridized carbons (Fsp3) is 0.368. The number of hydrogen-bond donors (Lipinski definition) is 3. The number of amides is 1. The number of fused-ring (bicyclic) bond motifs is 1. The number of rotatable bonds is 3. The van der Waals surface area contributed by atoms with Gasteiger partial charge in [-0.3, -0.25) is 15.6 Å². The van der Waals surface area contributed by atoms with Crippen molar-refractivity contribution in [3.8, 4) is 0 Å². The summed E-state index contributed by atoms with van der Waals surface area (Å²) in [6, 6.07) is 10.1. The summed E-state index contributed by atoms with van der Waals surface area (Å²) in [5, 5.41) is 3.43. The van der Waals surface area contributed by atoms with E-state index in [-0.39, 0.29) is 5.91 Å². The van der Waals surface area contributed by atoms with E-state index in [1.165, 1.54) is 22.4 Å². The Hall–Kier alpha value is -1.92. The Labute approximate surface area is 158 Å². The zero-order chi connectivity index (χ0) is 17.8. The van der Waals surface area contributed by atoms with Gasteiger partial charge in [0.2, 0.25) is 0 Å². The van der Waals surface area contributed by atoms with Crippen LogP contribution in [0.1, 0.15) is 45.9 Å². The summed E-state index contributed by atoms with van der Waals surface area (Å²) in [7, 11) is 0. The van der Waals surface area contributed by atoms with Gasteiger partial charge in [-0.1, -0.05) is 26.0 Å². The van der Waals surface area contributed by atoms with Crippen LogP contribution in [0.4, 0.5) is 5.69 Å². The van der Waals surface area contributed by atoms with E-state index >= 15 is 0 Å². The van der Waals surface area contributed by atoms with Crippen LogP contribution in [-0.2, 0) is 19.3 Å². The van der Waals surface area contributed by atoms with Crippen LogP contribution in [0, 0.1) is 5.92 Å². The fourth-order valence-corrected chi connectivity index (χ4v) is 4.25. The summed E-state index contributed by atoms with van der Waals surface area (Å²) < 4.78 is 0. The average Bonchev–Trinajstić information content (AvgIpc) is 3.03. The third-order valence-corrected chi connectivity index (χ3v) is 5.90. The number of carbonyl (C=O) groups is 1. The van der Waals surface area contributed by atoms with Gasteiger partial charge in [-0.05, 0) is 73.1 Å². The van der Waals surface area contributed by atoms with E-state index < -0.39 is 0 Å². The van der Waals surface area contributed by atoms with Crippen molar-refractivity contribution in [2.24, 2.45) is 5.92 Å². The lowest BCUT2D eigenvalue weighted by molar-refractivity contribution is 0.0948. The molecule has 0 radical (unpaired) electrons. The number of hydrogen-bond acceptors (Lipinski definition) is 3. The molecule has 0 bridgehead atoms. The zero-order valence-electron chi connectivity index (χ0n) is 14.5. The molecule has 1 aromatic heterocycles. The van der Waals surface area contributed by atoms with Crippen molar-refractivity contribution in [2.45, 2.75) is 39.5 Å². The lowest BCUT2D eigenvalue weighted by Gasteiger charge is -2.16. The first-order valence-corrected chi connectivity index (χ1v) is 9.85. The van der Waals surface area contributed by atoms with Crippen molar-refractivity contribution >= 4 is 40.3 Å². The maximum Gasteiger partial charge on any atom is 0.279 e. The molecule has 0 spiro atoms. The normalized spacial score (nSPS) is 16.0. The zero-order valence-corrected chi connectivity index (χ0v) is 16.2. The van der Waals surface area contributed by atoms with E-state index in [1.807, 2.05) is 18.2 Å². The standard InChI is InChI=1S/C19H23N3OS2/c1-3-13-5-7-15(8-6-13)20-19(24)22-21-18(23)17-11-14-10-12(2)4-9-16(14)25-17/h5-8,11-12H,3-4,9-10H2,1-2H3,(H,21,23)(H2,20,22,24)/t12-/m1/s1. The number of aryl methyl sites for hydroxylation is 2. The monoisotopic (exact) mass is 373 g/mol. The molecule has 0 unspecified atom stereocenters. The Balaban J connectivity index is 1.52. The predicted molar refractivity (Wildman–Crippen MR) is 108 cm³/mol. The highest BCUT2D eigenvalue weighted by Crippen LogP contribution is 2.32. The van der Waals surface area contributed by atoms with Gasteiger partial charge in [0.1, 0.15) is 0 Å². The van der Waals surface area contributed by atoms with Crippen LogP contribution >= 0.6 is 23.6 Å². The van der Waals surface area contributed by atoms with E-state index in [1.54, 1.807) is 11.3 Å². The highest BCUT2D eigenvalue weighted by Gasteiger charge is 2.20. The van der Waals surface area contributed by atoms with Crippen molar-refractivity contribution in [1.82, 2.24) is 10.9 Å². The number of anilines is 1. The number of thiocarbonyl (C=S) groups is 1. The van der Waals surface area contributed by atoms with Crippen molar-refractivity contribution < 1.29 is 4.79 Å². The van der Waals surface area contributed by atoms with Crippen LogP contribution in [0.25, 0.3) is 0 Å². The summed E-state index contributed by atoms with van der Waals surface area (Å²) in [5.41, 5.74) is 8.94. The molecule has 0 aliphatic heterocycles. The summed E-state index contributed by atoms with van der Waals surface area (Å²) in [5.74, 6) is 0.560. The molecule has 132 valence electrons. The highest BCUT2D eigenvalue weighted by atomic mass is 32.1. The molecular weight excluding hydrogens is 350 g/mol. The molecule has 3 N–H and O–H groups in total. The SMILES string of the molecule is CCc1ccc(NC(=S)NNC(=O)c2cc3c(s2)CC[C@@H](C)C3)cc1. The van der Waals surface area contributed by atoms with Crippen LogP contribution < -0.4 is 16.2 Å². The molecule has 4 nitrogen and oxygen atoms in total. The highest BCUT2D eigenvalue weighted by molar-refractivity contribution is 7.80. The quantitative estimate of drug-likeness (QED) is 0.561. The predicted octanol–water partition coefficient (Wildman–Crippen LogP) is 4.07. The van der Waals surface area contributed by atoms with E-state index in [2.05, 4.69) is 42.1 Å². The maximum absolute atomic E-state index is 12.3. The van der Waals surface area contributed by atoms with Crippen LogP contribution in [-0.4, -0.2) is 11.0 Å². The van der Waals surface area contributed by atoms with Gasteiger partial charge in [0.25, 0.3) is 5.91 Å². The summed E-state index contributed by atoms with van der Waals surface area (Å²) in [4.78, 5) is 14.4. The molecule has 1 atom stereocenters. The molecule has 1 amide bonds. The topological polar surface area (TPSA) is 53.2 Å². The first kappa shape index (κ1) is 17.9. The minimum absolute atomic E-state index is 0.141. The van der Waals surface area contributed by atoms with Gasteiger partial charge >= 0.3 is 0 Å². The molecule has 1 aliphatic carbocycles. The lowest BCUT2D eigenvalue weighted by atomic mass is 9.90. The summed E-state index contributed by atoms with van der Waals surface area (Å²) in [6.07, 6.45) is 4.36. The molecule has 0 saturated heterocycles. The molecule has 0 fully saturated rings. The summed E-state index contributed by atoms with van der Waals surface area (Å²) >= 11 is 6.82. The van der Waals surface area contributed by atoms with Crippen LogP contribution in [0.5, 0.6) is 0 Å². The second-order valence-corrected chi connectivity index (χ2v) is 8.04. The Bertz CT molecular complexity index is 767. The van der Waals surface area contributed by atoms with Crippen LogP contribution in [0.2, 0.25) is 0 Å². The number of carbonyl (C=O) groups excluding carboxylic acids is 1. The largest absolute Gasteiger partial charge is 0.331 e. The first-order chi connectivity index (χ1) is 12.0. The van der Waals surface area contributed by atoms with Crippen molar-refractivity contribution in [3.63, 3.8) is 0 Å². The van der Waals surface area contributed by atoms with Crippen LogP contribution in [0.3, 0.4) is 0 Å². The average molecular weight is 374 g/mol. The van der Waals surface area contributed by atoms with Gasteiger partial charge in [0.15, 0.2) is 5.11 Å². The van der Waals surface area contributed by atoms with Gasteiger partial charge in [-0.25, -0.2) is 0 Å². The Morgan fingerprint density at radius 1 is 1.28 bits per heavy atom. The number of benzene rings is 1. The van der Waals surface area contributed by atoms with Crippen molar-refractivity contribution in [3.05, 3.63) is 51.2 Å². The maximum atomic E-state index is 12.3. The van der Waals surface area contributed by atoms with Crippen molar-refractivity contribution in [1.29, 1.82) is 0 Å². The van der Waals surface area contributed by atoms with E-state index in [9.17, 15) is 4.79 Å². The molecule has 0 saturated carbocycles. The Morgan fingerprint density at radius 3 is 2.76 bits per heavy atom. The van der Waals surface area contributed by atoms with Gasteiger partial charge in [-0.2, -0.15) is 0 Å². The second-order valence-electron chi connectivity index (χ2n) is 6.49. The molecule has 3 rings (SSSR count). The minimum Gasteiger partial charge on any atom is -0.331 e. The molecule has 2 aromatic rings. The van der Waals surface area contributed by atoms with Crippen molar-refractivity contribution in [2.75, 3.05) is 5.32 Å². The number of nitrogens with one attached hydrogen (secondary N) is 3. The third kappa shape index (κ3) is 4.58. The molecule has 1 aliphatic rings. The van der Waals surface area contributed by atoms with Gasteiger partial charge in [-0.15, -0.1) is 11.3 Å². The summed E-state index contributed by atoms with van der Waals surface area (Å²) in [6.45, 7) is 4.38. The van der Waals surface area contributed by atoms with E-state index in [4.69, 9.17) is 12.2 Å². The Morgan fingerprint density at radius 2 is 2.04 bits per heavy atom. The molecule has 1 heterocycles. The second kappa shape index (κ2) is 7.97. The number of hydrazine groups is 1. The molecule has 6 heteroatoms.